The molecule has 0 amide bonds. The summed E-state index contributed by atoms with van der Waals surface area (Å²) in [4.78, 5) is 25.9. The third kappa shape index (κ3) is 2.74. The second kappa shape index (κ2) is 7.23. The first-order chi connectivity index (χ1) is 16.0. The number of carboxylic acid groups (broad SMARTS) is 1. The van der Waals surface area contributed by atoms with Gasteiger partial charge in [-0.3, -0.25) is 9.59 Å². The van der Waals surface area contributed by atoms with Crippen LogP contribution in [0.25, 0.3) is 0 Å². The Morgan fingerprint density at radius 1 is 0.914 bits per heavy atom. The van der Waals surface area contributed by atoms with Gasteiger partial charge in [0.15, 0.2) is 0 Å². The summed E-state index contributed by atoms with van der Waals surface area (Å²) in [5.41, 5.74) is -0.411. The lowest BCUT2D eigenvalue weighted by molar-refractivity contribution is -0.286. The Morgan fingerprint density at radius 2 is 1.57 bits per heavy atom. The van der Waals surface area contributed by atoms with Crippen molar-refractivity contribution in [2.75, 3.05) is 0 Å². The number of carbonyl (C=O) groups excluding carboxylic acids is 1. The highest BCUT2D eigenvalue weighted by molar-refractivity contribution is 5.85. The van der Waals surface area contributed by atoms with E-state index in [9.17, 15) is 19.8 Å². The van der Waals surface area contributed by atoms with Gasteiger partial charge >= 0.3 is 5.97 Å². The highest BCUT2D eigenvalue weighted by Crippen LogP contribution is 2.81. The van der Waals surface area contributed by atoms with E-state index in [1.54, 1.807) is 0 Å². The number of hydrogen-bond acceptors (Lipinski definition) is 3. The third-order valence-corrected chi connectivity index (χ3v) is 13.9. The highest BCUT2D eigenvalue weighted by atomic mass is 16.4. The molecule has 5 aliphatic rings. The first-order valence-corrected chi connectivity index (χ1v) is 14.1. The number of Topliss-reactive ketones (excluding diaryl/α,β-unsaturated/α-hetero) is 1. The van der Waals surface area contributed by atoms with E-state index in [1.807, 2.05) is 0 Å². The molecule has 5 rings (SSSR count). The molecule has 10 unspecified atom stereocenters. The summed E-state index contributed by atoms with van der Waals surface area (Å²) in [6.45, 7) is 20.2. The molecule has 10 atom stereocenters. The van der Waals surface area contributed by atoms with Crippen molar-refractivity contribution in [3.05, 3.63) is 12.2 Å². The summed E-state index contributed by atoms with van der Waals surface area (Å²) in [6, 6.07) is 0. The Labute approximate surface area is 212 Å². The lowest BCUT2D eigenvalue weighted by atomic mass is 9.28. The Balaban J connectivity index is 1.65. The molecule has 0 spiro atoms. The second-order valence-electron chi connectivity index (χ2n) is 15.1. The fourth-order valence-corrected chi connectivity index (χ4v) is 12.1. The lowest BCUT2D eigenvalue weighted by Gasteiger charge is -2.76. The van der Waals surface area contributed by atoms with Crippen LogP contribution in [-0.4, -0.2) is 28.1 Å². The van der Waals surface area contributed by atoms with Crippen molar-refractivity contribution in [2.45, 2.75) is 112 Å². The van der Waals surface area contributed by atoms with Gasteiger partial charge in [-0.15, -0.1) is 0 Å². The van der Waals surface area contributed by atoms with Crippen LogP contribution in [0.5, 0.6) is 0 Å². The predicted molar refractivity (Wildman–Crippen MR) is 138 cm³/mol. The monoisotopic (exact) mass is 484 g/mol. The molecule has 5 saturated carbocycles. The first-order valence-electron chi connectivity index (χ1n) is 14.1. The van der Waals surface area contributed by atoms with Crippen molar-refractivity contribution in [3.63, 3.8) is 0 Å². The molecule has 35 heavy (non-hydrogen) atoms. The van der Waals surface area contributed by atoms with Gasteiger partial charge in [-0.05, 0) is 97.7 Å². The van der Waals surface area contributed by atoms with Crippen LogP contribution in [0, 0.1) is 56.2 Å². The van der Waals surface area contributed by atoms with Crippen molar-refractivity contribution in [1.29, 1.82) is 0 Å². The quantitative estimate of drug-likeness (QED) is 0.430. The number of ketones is 1. The second-order valence-corrected chi connectivity index (χ2v) is 15.1. The summed E-state index contributed by atoms with van der Waals surface area (Å²) in [6.07, 6.45) is 7.07. The van der Waals surface area contributed by atoms with E-state index in [0.717, 1.165) is 50.5 Å². The van der Waals surface area contributed by atoms with Gasteiger partial charge in [0, 0.05) is 17.8 Å². The van der Waals surface area contributed by atoms with Crippen LogP contribution in [-0.2, 0) is 9.59 Å². The minimum Gasteiger partial charge on any atom is -0.481 e. The molecule has 0 radical (unpaired) electrons. The van der Waals surface area contributed by atoms with Gasteiger partial charge < -0.3 is 10.2 Å². The number of rotatable bonds is 2. The number of aliphatic carboxylic acids is 1. The lowest BCUT2D eigenvalue weighted by Crippen LogP contribution is -2.72. The number of carbonyl (C=O) groups is 2. The maximum absolute atomic E-state index is 13.0. The van der Waals surface area contributed by atoms with E-state index in [-0.39, 0.29) is 39.4 Å². The van der Waals surface area contributed by atoms with Crippen LogP contribution < -0.4 is 0 Å². The summed E-state index contributed by atoms with van der Waals surface area (Å²) in [5.74, 6) is 0.445. The fourth-order valence-electron chi connectivity index (χ4n) is 12.1. The third-order valence-electron chi connectivity index (χ3n) is 13.9. The Morgan fingerprint density at radius 3 is 2.17 bits per heavy atom. The van der Waals surface area contributed by atoms with Gasteiger partial charge in [-0.1, -0.05) is 53.7 Å². The maximum atomic E-state index is 13.0. The zero-order valence-corrected chi connectivity index (χ0v) is 23.2. The molecule has 0 saturated heterocycles. The molecule has 0 aliphatic heterocycles. The summed E-state index contributed by atoms with van der Waals surface area (Å²) < 4.78 is 0. The molecular formula is C31H48O4. The minimum atomic E-state index is -0.653. The number of fused-ring (bicyclic) bond motifs is 7. The molecular weight excluding hydrogens is 436 g/mol. The Bertz CT molecular complexity index is 982. The average molecular weight is 485 g/mol. The molecule has 2 N–H and O–H groups in total. The SMILES string of the molecule is C=C(C)C1CCC2(C(=O)O)CCC3(C)C(C)(CCC4C5(C)CCC(=O)C(C)(C)C5C(O)CC43C)C12. The van der Waals surface area contributed by atoms with Gasteiger partial charge in [0.2, 0.25) is 0 Å². The predicted octanol–water partition coefficient (Wildman–Crippen LogP) is 6.66. The number of aliphatic hydroxyl groups excluding tert-OH is 1. The molecule has 196 valence electrons. The molecule has 5 fully saturated rings. The van der Waals surface area contributed by atoms with Crippen molar-refractivity contribution >= 4 is 11.8 Å². The van der Waals surface area contributed by atoms with Crippen LogP contribution >= 0.6 is 0 Å². The van der Waals surface area contributed by atoms with Gasteiger partial charge in [0.1, 0.15) is 5.78 Å². The van der Waals surface area contributed by atoms with Gasteiger partial charge in [-0.2, -0.15) is 0 Å². The normalized spacial score (nSPS) is 54.7. The summed E-state index contributed by atoms with van der Waals surface area (Å²) >= 11 is 0. The summed E-state index contributed by atoms with van der Waals surface area (Å²) in [7, 11) is 0. The molecule has 0 heterocycles. The standard InChI is InChI=1S/C31H48O4/c1-18(2)19-9-14-31(25(34)35)16-15-30(8)28(6,23(19)31)13-10-21-27(5)12-11-22(33)26(3,4)24(27)20(32)17-29(21,30)7/h19-21,23-24,32H,1,9-17H2,2-8H3,(H,34,35). The highest BCUT2D eigenvalue weighted by Gasteiger charge is 2.76. The smallest absolute Gasteiger partial charge is 0.309 e. The van der Waals surface area contributed by atoms with Crippen LogP contribution in [0.15, 0.2) is 12.2 Å². The minimum absolute atomic E-state index is 0.0152. The van der Waals surface area contributed by atoms with Crippen molar-refractivity contribution < 1.29 is 19.8 Å². The Kier molecular flexibility index (Phi) is 5.27. The molecule has 4 nitrogen and oxygen atoms in total. The van der Waals surface area contributed by atoms with Crippen LogP contribution in [0.4, 0.5) is 0 Å². The van der Waals surface area contributed by atoms with E-state index < -0.39 is 22.9 Å². The molecule has 4 heteroatoms. The molecule has 0 aromatic heterocycles. The molecule has 5 aliphatic carbocycles. The van der Waals surface area contributed by atoms with E-state index in [0.29, 0.717) is 24.5 Å². The van der Waals surface area contributed by atoms with Crippen molar-refractivity contribution in [1.82, 2.24) is 0 Å². The Hall–Kier alpha value is -1.16. The molecule has 0 aromatic carbocycles. The number of carboxylic acids is 1. The topological polar surface area (TPSA) is 74.6 Å². The number of hydrogen-bond donors (Lipinski definition) is 2. The largest absolute Gasteiger partial charge is 0.481 e. The van der Waals surface area contributed by atoms with Crippen LogP contribution in [0.2, 0.25) is 0 Å². The van der Waals surface area contributed by atoms with E-state index in [4.69, 9.17) is 0 Å². The fraction of sp³-hybridized carbons (Fsp3) is 0.871. The van der Waals surface area contributed by atoms with E-state index in [2.05, 4.69) is 55.0 Å². The zero-order chi connectivity index (χ0) is 26.0. The first kappa shape index (κ1) is 25.5. The number of allylic oxidation sites excluding steroid dienone is 1. The average Bonchev–Trinajstić information content (AvgIpc) is 3.15. The molecule has 0 bridgehead atoms. The van der Waals surface area contributed by atoms with E-state index in [1.165, 1.54) is 0 Å². The van der Waals surface area contributed by atoms with Crippen molar-refractivity contribution in [2.24, 2.45) is 56.2 Å². The number of aliphatic hydroxyl groups is 1. The zero-order valence-electron chi connectivity index (χ0n) is 23.2. The van der Waals surface area contributed by atoms with Crippen LogP contribution in [0.3, 0.4) is 0 Å². The van der Waals surface area contributed by atoms with Crippen LogP contribution in [0.1, 0.15) is 106 Å². The summed E-state index contributed by atoms with van der Waals surface area (Å²) in [5, 5.41) is 22.4. The van der Waals surface area contributed by atoms with Gasteiger partial charge in [0.25, 0.3) is 0 Å². The van der Waals surface area contributed by atoms with Gasteiger partial charge in [0.05, 0.1) is 11.5 Å². The van der Waals surface area contributed by atoms with Crippen molar-refractivity contribution in [3.8, 4) is 0 Å². The maximum Gasteiger partial charge on any atom is 0.309 e. The molecule has 0 aromatic rings. The van der Waals surface area contributed by atoms with Gasteiger partial charge in [-0.25, -0.2) is 0 Å². The van der Waals surface area contributed by atoms with E-state index >= 15 is 0 Å².